The quantitative estimate of drug-likeness (QED) is 0.249. The van der Waals surface area contributed by atoms with Crippen LogP contribution in [0.4, 0.5) is 0 Å². The first-order valence-corrected chi connectivity index (χ1v) is 9.66. The third-order valence-corrected chi connectivity index (χ3v) is 4.42. The van der Waals surface area contributed by atoms with E-state index in [0.717, 1.165) is 29.8 Å². The Hall–Kier alpha value is -2.20. The second kappa shape index (κ2) is 13.9. The van der Waals surface area contributed by atoms with Crippen LogP contribution >= 0.6 is 24.0 Å². The van der Waals surface area contributed by atoms with E-state index in [0.29, 0.717) is 24.0 Å². The van der Waals surface area contributed by atoms with Crippen LogP contribution in [0.3, 0.4) is 0 Å². The number of hydrogen-bond donors (Lipinski definition) is 3. The van der Waals surface area contributed by atoms with Gasteiger partial charge in [-0.05, 0) is 48.7 Å². The fraction of sp³-hybridized carbons (Fsp3) is 0.409. The predicted molar refractivity (Wildman–Crippen MR) is 131 cm³/mol. The normalized spacial score (nSPS) is 11.8. The van der Waals surface area contributed by atoms with E-state index >= 15 is 0 Å². The molecule has 0 bridgehead atoms. The van der Waals surface area contributed by atoms with Crippen LogP contribution in [-0.2, 0) is 6.42 Å². The first-order valence-electron chi connectivity index (χ1n) is 9.66. The summed E-state index contributed by atoms with van der Waals surface area (Å²) in [5.41, 5.74) is 1.93. The van der Waals surface area contributed by atoms with Crippen LogP contribution < -0.4 is 24.8 Å². The molecule has 0 spiro atoms. The first-order chi connectivity index (χ1) is 14.1. The minimum absolute atomic E-state index is 0. The number of rotatable bonds is 10. The lowest BCUT2D eigenvalue weighted by Gasteiger charge is -2.14. The van der Waals surface area contributed by atoms with Crippen LogP contribution in [0.15, 0.2) is 47.5 Å². The SMILES string of the molecule is CCNC(=NCC(O)c1ccc(OC)cc1)NCCc1ccc(OC)c(OC)c1.I. The molecule has 0 fully saturated rings. The van der Waals surface area contributed by atoms with Gasteiger partial charge in [0.25, 0.3) is 0 Å². The number of ether oxygens (including phenoxy) is 3. The molecule has 0 aliphatic heterocycles. The molecule has 2 rings (SSSR count). The topological polar surface area (TPSA) is 84.3 Å². The van der Waals surface area contributed by atoms with Gasteiger partial charge >= 0.3 is 0 Å². The maximum Gasteiger partial charge on any atom is 0.191 e. The highest BCUT2D eigenvalue weighted by atomic mass is 127. The number of methoxy groups -OCH3 is 3. The monoisotopic (exact) mass is 529 g/mol. The largest absolute Gasteiger partial charge is 0.497 e. The van der Waals surface area contributed by atoms with Crippen LogP contribution in [-0.4, -0.2) is 52.0 Å². The zero-order valence-corrected chi connectivity index (χ0v) is 20.3. The van der Waals surface area contributed by atoms with E-state index in [4.69, 9.17) is 14.2 Å². The van der Waals surface area contributed by atoms with Crippen molar-refractivity contribution in [3.63, 3.8) is 0 Å². The molecule has 0 radical (unpaired) electrons. The van der Waals surface area contributed by atoms with Crippen LogP contribution in [0.5, 0.6) is 17.2 Å². The second-order valence-electron chi connectivity index (χ2n) is 6.37. The summed E-state index contributed by atoms with van der Waals surface area (Å²) in [4.78, 5) is 4.49. The van der Waals surface area contributed by atoms with Crippen LogP contribution in [0.2, 0.25) is 0 Å². The van der Waals surface area contributed by atoms with E-state index in [1.165, 1.54) is 0 Å². The fourth-order valence-electron chi connectivity index (χ4n) is 2.81. The van der Waals surface area contributed by atoms with E-state index in [1.807, 2.05) is 49.4 Å². The average molecular weight is 529 g/mol. The first kappa shape index (κ1) is 25.8. The lowest BCUT2D eigenvalue weighted by molar-refractivity contribution is 0.187. The van der Waals surface area contributed by atoms with Gasteiger partial charge in [-0.15, -0.1) is 24.0 Å². The molecular formula is C22H32IN3O4. The fourth-order valence-corrected chi connectivity index (χ4v) is 2.81. The summed E-state index contributed by atoms with van der Waals surface area (Å²) < 4.78 is 15.8. The van der Waals surface area contributed by atoms with Crippen LogP contribution in [0.25, 0.3) is 0 Å². The standard InChI is InChI=1S/C22H31N3O4.HI/c1-5-23-22(25-15-19(26)17-7-9-18(27-2)10-8-17)24-13-12-16-6-11-20(28-3)21(14-16)29-4;/h6-11,14,19,26H,5,12-13,15H2,1-4H3,(H2,23,24,25);1H. The Kier molecular flexibility index (Phi) is 12.0. The Labute approximate surface area is 195 Å². The van der Waals surface area contributed by atoms with Crippen LogP contribution in [0.1, 0.15) is 24.2 Å². The molecule has 0 heterocycles. The predicted octanol–water partition coefficient (Wildman–Crippen LogP) is 3.16. The van der Waals surface area contributed by atoms with Gasteiger partial charge in [0.1, 0.15) is 5.75 Å². The molecule has 2 aromatic rings. The molecule has 7 nitrogen and oxygen atoms in total. The molecule has 1 unspecified atom stereocenters. The van der Waals surface area contributed by atoms with Gasteiger partial charge in [0.15, 0.2) is 17.5 Å². The van der Waals surface area contributed by atoms with E-state index < -0.39 is 6.10 Å². The van der Waals surface area contributed by atoms with E-state index in [1.54, 1.807) is 21.3 Å². The van der Waals surface area contributed by atoms with Crippen molar-refractivity contribution in [1.29, 1.82) is 0 Å². The second-order valence-corrected chi connectivity index (χ2v) is 6.37. The van der Waals surface area contributed by atoms with Gasteiger partial charge in [0.05, 0.1) is 34.0 Å². The van der Waals surface area contributed by atoms with Crippen molar-refractivity contribution in [3.05, 3.63) is 53.6 Å². The number of nitrogens with one attached hydrogen (secondary N) is 2. The zero-order valence-electron chi connectivity index (χ0n) is 18.0. The lowest BCUT2D eigenvalue weighted by atomic mass is 10.1. The number of halogens is 1. The van der Waals surface area contributed by atoms with Gasteiger partial charge in [0, 0.05) is 13.1 Å². The molecule has 166 valence electrons. The summed E-state index contributed by atoms with van der Waals surface area (Å²) in [6, 6.07) is 13.2. The van der Waals surface area contributed by atoms with Gasteiger partial charge in [0.2, 0.25) is 0 Å². The van der Waals surface area contributed by atoms with Crippen molar-refractivity contribution >= 4 is 29.9 Å². The van der Waals surface area contributed by atoms with Gasteiger partial charge in [-0.3, -0.25) is 4.99 Å². The Morgan fingerprint density at radius 1 is 0.967 bits per heavy atom. The highest BCUT2D eigenvalue weighted by Gasteiger charge is 2.08. The van der Waals surface area contributed by atoms with Crippen molar-refractivity contribution in [1.82, 2.24) is 10.6 Å². The van der Waals surface area contributed by atoms with Crippen molar-refractivity contribution < 1.29 is 19.3 Å². The molecule has 8 heteroatoms. The molecule has 3 N–H and O–H groups in total. The van der Waals surface area contributed by atoms with Crippen molar-refractivity contribution in [2.75, 3.05) is 41.0 Å². The summed E-state index contributed by atoms with van der Waals surface area (Å²) in [5.74, 6) is 2.86. The number of aliphatic hydroxyl groups is 1. The molecule has 0 saturated carbocycles. The molecule has 0 aromatic heterocycles. The van der Waals surface area contributed by atoms with Gasteiger partial charge in [-0.25, -0.2) is 0 Å². The third kappa shape index (κ3) is 7.91. The molecule has 2 aromatic carbocycles. The molecular weight excluding hydrogens is 497 g/mol. The third-order valence-electron chi connectivity index (χ3n) is 4.42. The lowest BCUT2D eigenvalue weighted by Crippen LogP contribution is -2.38. The highest BCUT2D eigenvalue weighted by molar-refractivity contribution is 14.0. The number of hydrogen-bond acceptors (Lipinski definition) is 5. The van der Waals surface area contributed by atoms with Crippen molar-refractivity contribution in [3.8, 4) is 17.2 Å². The number of aliphatic imine (C=N–C) groups is 1. The Balaban J connectivity index is 0.00000450. The molecule has 0 saturated heterocycles. The molecule has 1 atom stereocenters. The number of aliphatic hydroxyl groups excluding tert-OH is 1. The summed E-state index contributed by atoms with van der Waals surface area (Å²) in [5, 5.41) is 16.9. The number of benzene rings is 2. The maximum atomic E-state index is 10.4. The van der Waals surface area contributed by atoms with Gasteiger partial charge in [-0.1, -0.05) is 18.2 Å². The maximum absolute atomic E-state index is 10.4. The van der Waals surface area contributed by atoms with E-state index in [9.17, 15) is 5.11 Å². The minimum atomic E-state index is -0.679. The summed E-state index contributed by atoms with van der Waals surface area (Å²) in [6.45, 7) is 3.70. The van der Waals surface area contributed by atoms with Gasteiger partial charge < -0.3 is 30.0 Å². The Morgan fingerprint density at radius 2 is 1.67 bits per heavy atom. The minimum Gasteiger partial charge on any atom is -0.497 e. The summed E-state index contributed by atoms with van der Waals surface area (Å²) >= 11 is 0. The molecule has 0 aliphatic rings. The van der Waals surface area contributed by atoms with Crippen molar-refractivity contribution in [2.45, 2.75) is 19.4 Å². The Morgan fingerprint density at radius 3 is 2.27 bits per heavy atom. The summed E-state index contributed by atoms with van der Waals surface area (Å²) in [7, 11) is 4.87. The Bertz CT molecular complexity index is 784. The average Bonchev–Trinajstić information content (AvgIpc) is 2.77. The number of nitrogens with zero attached hydrogens (tertiary/aromatic N) is 1. The zero-order chi connectivity index (χ0) is 21.1. The molecule has 30 heavy (non-hydrogen) atoms. The number of guanidine groups is 1. The van der Waals surface area contributed by atoms with E-state index in [2.05, 4.69) is 15.6 Å². The molecule has 0 aliphatic carbocycles. The highest BCUT2D eigenvalue weighted by Crippen LogP contribution is 2.27. The van der Waals surface area contributed by atoms with Gasteiger partial charge in [-0.2, -0.15) is 0 Å². The van der Waals surface area contributed by atoms with E-state index in [-0.39, 0.29) is 30.5 Å². The van der Waals surface area contributed by atoms with Crippen molar-refractivity contribution in [2.24, 2.45) is 4.99 Å². The van der Waals surface area contributed by atoms with Crippen LogP contribution in [0, 0.1) is 0 Å². The smallest absolute Gasteiger partial charge is 0.191 e. The molecule has 0 amide bonds. The summed E-state index contributed by atoms with van der Waals surface area (Å²) in [6.07, 6.45) is 0.119.